The molecular formula is C23H18BrN. The minimum atomic E-state index is 0.390. The van der Waals surface area contributed by atoms with E-state index in [0.717, 1.165) is 4.47 Å². The third-order valence-corrected chi connectivity index (χ3v) is 5.92. The van der Waals surface area contributed by atoms with E-state index in [4.69, 9.17) is 4.98 Å². The number of benzene rings is 3. The maximum atomic E-state index is 4.72. The van der Waals surface area contributed by atoms with E-state index in [2.05, 4.69) is 76.6 Å². The summed E-state index contributed by atoms with van der Waals surface area (Å²) in [6.07, 6.45) is 5.50. The molecule has 0 bridgehead atoms. The van der Waals surface area contributed by atoms with Crippen LogP contribution in [0.15, 0.2) is 71.3 Å². The Morgan fingerprint density at radius 3 is 2.60 bits per heavy atom. The van der Waals surface area contributed by atoms with E-state index in [1.165, 1.54) is 57.6 Å². The van der Waals surface area contributed by atoms with Gasteiger partial charge in [-0.25, -0.2) is 0 Å². The SMILES string of the molecule is Brc1ccc(C2CCCc3ccc4c(ccc5ccccc54)c32)nc1. The van der Waals surface area contributed by atoms with Gasteiger partial charge in [-0.1, -0.05) is 48.5 Å². The molecule has 0 fully saturated rings. The molecule has 1 aromatic heterocycles. The molecule has 0 saturated carbocycles. The first kappa shape index (κ1) is 15.1. The average molecular weight is 388 g/mol. The third-order valence-electron chi connectivity index (χ3n) is 5.45. The van der Waals surface area contributed by atoms with Crippen LogP contribution in [0, 0.1) is 0 Å². The Morgan fingerprint density at radius 2 is 1.72 bits per heavy atom. The van der Waals surface area contributed by atoms with Gasteiger partial charge >= 0.3 is 0 Å². The van der Waals surface area contributed by atoms with Crippen LogP contribution < -0.4 is 0 Å². The molecule has 1 heterocycles. The molecule has 0 amide bonds. The Morgan fingerprint density at radius 1 is 0.840 bits per heavy atom. The number of hydrogen-bond donors (Lipinski definition) is 0. The minimum Gasteiger partial charge on any atom is -0.259 e. The van der Waals surface area contributed by atoms with E-state index < -0.39 is 0 Å². The van der Waals surface area contributed by atoms with Gasteiger partial charge in [0, 0.05) is 22.3 Å². The standard InChI is InChI=1S/C23H18BrN/c24-17-10-13-22(25-14-17)21-7-3-5-16-9-11-19-18-6-2-1-4-15(18)8-12-20(19)23(16)21/h1-2,4,6,8-14,21H,3,5,7H2. The van der Waals surface area contributed by atoms with Crippen molar-refractivity contribution in [3.63, 3.8) is 0 Å². The summed E-state index contributed by atoms with van der Waals surface area (Å²) in [5, 5.41) is 5.41. The predicted molar refractivity (Wildman–Crippen MR) is 108 cm³/mol. The van der Waals surface area contributed by atoms with E-state index in [-0.39, 0.29) is 0 Å². The number of hydrogen-bond acceptors (Lipinski definition) is 1. The largest absolute Gasteiger partial charge is 0.259 e. The first-order valence-electron chi connectivity index (χ1n) is 8.86. The quantitative estimate of drug-likeness (QED) is 0.334. The first-order chi connectivity index (χ1) is 12.3. The Labute approximate surface area is 155 Å². The van der Waals surface area contributed by atoms with Crippen LogP contribution in [0.5, 0.6) is 0 Å². The summed E-state index contributed by atoms with van der Waals surface area (Å²) in [4.78, 5) is 4.72. The van der Waals surface area contributed by atoms with E-state index in [0.29, 0.717) is 5.92 Å². The second-order valence-corrected chi connectivity index (χ2v) is 7.78. The summed E-state index contributed by atoms with van der Waals surface area (Å²) in [5.74, 6) is 0.390. The van der Waals surface area contributed by atoms with Crippen LogP contribution in [0.25, 0.3) is 21.5 Å². The molecule has 3 aromatic carbocycles. The Hall–Kier alpha value is -2.19. The van der Waals surface area contributed by atoms with Gasteiger partial charge in [0.1, 0.15) is 0 Å². The van der Waals surface area contributed by atoms with Crippen molar-refractivity contribution in [1.82, 2.24) is 4.98 Å². The van der Waals surface area contributed by atoms with Gasteiger partial charge in [-0.05, 0) is 80.0 Å². The normalized spacial score (nSPS) is 16.9. The van der Waals surface area contributed by atoms with Gasteiger partial charge in [-0.15, -0.1) is 0 Å². The molecule has 2 heteroatoms. The van der Waals surface area contributed by atoms with Crippen molar-refractivity contribution in [1.29, 1.82) is 0 Å². The van der Waals surface area contributed by atoms with Crippen LogP contribution in [-0.4, -0.2) is 4.98 Å². The predicted octanol–water partition coefficient (Wildman–Crippen LogP) is 6.62. The fraction of sp³-hybridized carbons (Fsp3) is 0.174. The van der Waals surface area contributed by atoms with Gasteiger partial charge in [0.2, 0.25) is 0 Å². The van der Waals surface area contributed by atoms with Crippen LogP contribution in [0.1, 0.15) is 35.6 Å². The molecule has 122 valence electrons. The number of nitrogens with zero attached hydrogens (tertiary/aromatic N) is 1. The molecule has 1 unspecified atom stereocenters. The smallest absolute Gasteiger partial charge is 0.0479 e. The van der Waals surface area contributed by atoms with Gasteiger partial charge in [0.15, 0.2) is 0 Å². The summed E-state index contributed by atoms with van der Waals surface area (Å²) in [6.45, 7) is 0. The molecular weight excluding hydrogens is 370 g/mol. The van der Waals surface area contributed by atoms with Crippen molar-refractivity contribution in [2.24, 2.45) is 0 Å². The second-order valence-electron chi connectivity index (χ2n) is 6.87. The average Bonchev–Trinajstić information content (AvgIpc) is 2.67. The summed E-state index contributed by atoms with van der Waals surface area (Å²) < 4.78 is 1.04. The molecule has 0 aliphatic heterocycles. The van der Waals surface area contributed by atoms with Crippen molar-refractivity contribution >= 4 is 37.5 Å². The van der Waals surface area contributed by atoms with E-state index in [1.54, 1.807) is 0 Å². The molecule has 0 N–H and O–H groups in total. The first-order valence-corrected chi connectivity index (χ1v) is 9.65. The maximum absolute atomic E-state index is 4.72. The molecule has 0 spiro atoms. The van der Waals surface area contributed by atoms with Crippen LogP contribution >= 0.6 is 15.9 Å². The molecule has 1 aliphatic rings. The van der Waals surface area contributed by atoms with Crippen LogP contribution in [0.2, 0.25) is 0 Å². The van der Waals surface area contributed by atoms with Crippen LogP contribution in [0.3, 0.4) is 0 Å². The molecule has 1 nitrogen and oxygen atoms in total. The Bertz CT molecular complexity index is 1080. The number of halogens is 1. The number of rotatable bonds is 1. The van der Waals surface area contributed by atoms with Gasteiger partial charge in [0.05, 0.1) is 0 Å². The molecule has 0 saturated heterocycles. The van der Waals surface area contributed by atoms with Crippen molar-refractivity contribution in [3.8, 4) is 0 Å². The van der Waals surface area contributed by atoms with Gasteiger partial charge in [-0.3, -0.25) is 4.98 Å². The molecule has 5 rings (SSSR count). The van der Waals surface area contributed by atoms with E-state index in [1.807, 2.05) is 6.20 Å². The van der Waals surface area contributed by atoms with Gasteiger partial charge < -0.3 is 0 Å². The zero-order chi connectivity index (χ0) is 16.8. The lowest BCUT2D eigenvalue weighted by Crippen LogP contribution is -2.13. The van der Waals surface area contributed by atoms with Crippen molar-refractivity contribution in [2.75, 3.05) is 0 Å². The molecule has 4 aromatic rings. The third kappa shape index (κ3) is 2.47. The lowest BCUT2D eigenvalue weighted by atomic mass is 9.78. The van der Waals surface area contributed by atoms with Crippen molar-refractivity contribution in [3.05, 3.63) is 88.2 Å². The monoisotopic (exact) mass is 387 g/mol. The minimum absolute atomic E-state index is 0.390. The summed E-state index contributed by atoms with van der Waals surface area (Å²) >= 11 is 3.51. The fourth-order valence-electron chi connectivity index (χ4n) is 4.32. The Kier molecular flexibility index (Phi) is 3.60. The second kappa shape index (κ2) is 5.96. The van der Waals surface area contributed by atoms with Crippen molar-refractivity contribution < 1.29 is 0 Å². The zero-order valence-electron chi connectivity index (χ0n) is 13.9. The highest BCUT2D eigenvalue weighted by molar-refractivity contribution is 9.10. The van der Waals surface area contributed by atoms with E-state index in [9.17, 15) is 0 Å². The summed E-state index contributed by atoms with van der Waals surface area (Å²) in [6, 6.07) is 22.2. The fourth-order valence-corrected chi connectivity index (χ4v) is 4.55. The highest BCUT2D eigenvalue weighted by Gasteiger charge is 2.25. The van der Waals surface area contributed by atoms with Gasteiger partial charge in [0.25, 0.3) is 0 Å². The van der Waals surface area contributed by atoms with Crippen LogP contribution in [0.4, 0.5) is 0 Å². The lowest BCUT2D eigenvalue weighted by Gasteiger charge is -2.27. The molecule has 0 radical (unpaired) electrons. The molecule has 25 heavy (non-hydrogen) atoms. The summed E-state index contributed by atoms with van der Waals surface area (Å²) in [7, 11) is 0. The Balaban J connectivity index is 1.80. The highest BCUT2D eigenvalue weighted by Crippen LogP contribution is 2.41. The van der Waals surface area contributed by atoms with E-state index >= 15 is 0 Å². The number of pyridine rings is 1. The number of aryl methyl sites for hydroxylation is 1. The topological polar surface area (TPSA) is 12.9 Å². The zero-order valence-corrected chi connectivity index (χ0v) is 15.5. The molecule has 1 aliphatic carbocycles. The summed E-state index contributed by atoms with van der Waals surface area (Å²) in [5.41, 5.74) is 4.16. The number of aromatic nitrogens is 1. The van der Waals surface area contributed by atoms with Crippen LogP contribution in [-0.2, 0) is 6.42 Å². The maximum Gasteiger partial charge on any atom is 0.0479 e. The highest BCUT2D eigenvalue weighted by atomic mass is 79.9. The lowest BCUT2D eigenvalue weighted by molar-refractivity contribution is 0.609. The van der Waals surface area contributed by atoms with Crippen molar-refractivity contribution in [2.45, 2.75) is 25.2 Å². The number of fused-ring (bicyclic) bond motifs is 5. The van der Waals surface area contributed by atoms with Gasteiger partial charge in [-0.2, -0.15) is 0 Å². The molecule has 1 atom stereocenters.